The van der Waals surface area contributed by atoms with E-state index >= 15 is 0 Å². The third-order valence-corrected chi connectivity index (χ3v) is 1.46. The lowest BCUT2D eigenvalue weighted by atomic mass is 10.4. The number of aromatic nitrogens is 1. The Hall–Kier alpha value is -0.960. The number of pyridine rings is 1. The SMILES string of the molecule is COc1nccc(N)c1Cl. The second kappa shape index (κ2) is 2.75. The van der Waals surface area contributed by atoms with E-state index < -0.39 is 0 Å². The first-order valence-corrected chi connectivity index (χ1v) is 3.07. The summed E-state index contributed by atoms with van der Waals surface area (Å²) >= 11 is 5.68. The van der Waals surface area contributed by atoms with Crippen LogP contribution in [0.1, 0.15) is 0 Å². The standard InChI is InChI=1S/C6H7ClN2O/c1-10-6-5(7)4(8)2-3-9-6/h2-3H,1H3,(H2,8,9). The maximum Gasteiger partial charge on any atom is 0.234 e. The molecule has 0 amide bonds. The summed E-state index contributed by atoms with van der Waals surface area (Å²) in [7, 11) is 1.49. The molecule has 0 radical (unpaired) electrons. The summed E-state index contributed by atoms with van der Waals surface area (Å²) < 4.78 is 4.80. The number of nitrogen functional groups attached to an aromatic ring is 1. The van der Waals surface area contributed by atoms with Gasteiger partial charge in [0.15, 0.2) is 0 Å². The van der Waals surface area contributed by atoms with Gasteiger partial charge in [-0.3, -0.25) is 0 Å². The molecule has 54 valence electrons. The average molecular weight is 159 g/mol. The summed E-state index contributed by atoms with van der Waals surface area (Å²) in [5.41, 5.74) is 5.92. The van der Waals surface area contributed by atoms with E-state index in [1.807, 2.05) is 0 Å². The number of rotatable bonds is 1. The van der Waals surface area contributed by atoms with Crippen LogP contribution in [-0.2, 0) is 0 Å². The van der Waals surface area contributed by atoms with Gasteiger partial charge in [0.2, 0.25) is 5.88 Å². The minimum absolute atomic E-state index is 0.363. The summed E-state index contributed by atoms with van der Waals surface area (Å²) in [6.07, 6.45) is 1.54. The minimum atomic E-state index is 0.363. The number of hydrogen-bond acceptors (Lipinski definition) is 3. The van der Waals surface area contributed by atoms with Gasteiger partial charge >= 0.3 is 0 Å². The first-order valence-electron chi connectivity index (χ1n) is 2.69. The monoisotopic (exact) mass is 158 g/mol. The molecule has 0 aliphatic carbocycles. The van der Waals surface area contributed by atoms with Crippen molar-refractivity contribution in [1.29, 1.82) is 0 Å². The third-order valence-electron chi connectivity index (χ3n) is 1.08. The van der Waals surface area contributed by atoms with Crippen LogP contribution in [0.5, 0.6) is 5.88 Å². The lowest BCUT2D eigenvalue weighted by Crippen LogP contribution is -1.92. The summed E-state index contributed by atoms with van der Waals surface area (Å²) in [5, 5.41) is 0.366. The Balaban J connectivity index is 3.14. The highest BCUT2D eigenvalue weighted by Gasteiger charge is 2.02. The average Bonchev–Trinajstić information content (AvgIpc) is 1.95. The van der Waals surface area contributed by atoms with Crippen LogP contribution in [0.2, 0.25) is 5.02 Å². The molecule has 0 spiro atoms. The van der Waals surface area contributed by atoms with Crippen molar-refractivity contribution in [1.82, 2.24) is 4.98 Å². The van der Waals surface area contributed by atoms with Crippen LogP contribution in [-0.4, -0.2) is 12.1 Å². The number of nitrogens with two attached hydrogens (primary N) is 1. The molecule has 0 atom stereocenters. The summed E-state index contributed by atoms with van der Waals surface area (Å²) in [6, 6.07) is 1.62. The van der Waals surface area contributed by atoms with Crippen molar-refractivity contribution in [2.24, 2.45) is 0 Å². The van der Waals surface area contributed by atoms with Crippen LogP contribution in [0.4, 0.5) is 5.69 Å². The molecule has 0 saturated carbocycles. The fourth-order valence-corrected chi connectivity index (χ4v) is 0.770. The Morgan fingerprint density at radius 3 is 2.90 bits per heavy atom. The van der Waals surface area contributed by atoms with E-state index in [4.69, 9.17) is 22.1 Å². The second-order valence-corrected chi connectivity index (χ2v) is 2.10. The molecule has 1 aromatic rings. The fraction of sp³-hybridized carbons (Fsp3) is 0.167. The zero-order valence-corrected chi connectivity index (χ0v) is 6.22. The van der Waals surface area contributed by atoms with Crippen LogP contribution in [0, 0.1) is 0 Å². The molecular formula is C6H7ClN2O. The Morgan fingerprint density at radius 1 is 1.70 bits per heavy atom. The van der Waals surface area contributed by atoms with Gasteiger partial charge in [0, 0.05) is 6.20 Å². The van der Waals surface area contributed by atoms with Crippen molar-refractivity contribution >= 4 is 17.3 Å². The van der Waals surface area contributed by atoms with Gasteiger partial charge in [0.25, 0.3) is 0 Å². The van der Waals surface area contributed by atoms with Gasteiger partial charge in [-0.05, 0) is 6.07 Å². The summed E-state index contributed by atoms with van der Waals surface area (Å²) in [6.45, 7) is 0. The zero-order valence-electron chi connectivity index (χ0n) is 5.47. The quantitative estimate of drug-likeness (QED) is 0.671. The van der Waals surface area contributed by atoms with E-state index in [9.17, 15) is 0 Å². The van der Waals surface area contributed by atoms with Crippen LogP contribution < -0.4 is 10.5 Å². The Kier molecular flexibility index (Phi) is 1.97. The van der Waals surface area contributed by atoms with Crippen molar-refractivity contribution in [3.63, 3.8) is 0 Å². The molecule has 1 heterocycles. The molecule has 1 rings (SSSR count). The van der Waals surface area contributed by atoms with Crippen LogP contribution in [0.15, 0.2) is 12.3 Å². The van der Waals surface area contributed by atoms with Gasteiger partial charge in [-0.25, -0.2) is 4.98 Å². The number of nitrogens with zero attached hydrogens (tertiary/aromatic N) is 1. The molecule has 0 unspecified atom stereocenters. The van der Waals surface area contributed by atoms with E-state index in [0.717, 1.165) is 0 Å². The molecule has 0 aromatic carbocycles. The van der Waals surface area contributed by atoms with Crippen molar-refractivity contribution in [3.05, 3.63) is 17.3 Å². The molecule has 0 aliphatic heterocycles. The molecule has 2 N–H and O–H groups in total. The number of hydrogen-bond donors (Lipinski definition) is 1. The molecule has 10 heavy (non-hydrogen) atoms. The van der Waals surface area contributed by atoms with Gasteiger partial charge in [-0.15, -0.1) is 0 Å². The first kappa shape index (κ1) is 7.15. The largest absolute Gasteiger partial charge is 0.480 e. The summed E-state index contributed by atoms with van der Waals surface area (Å²) in [5.74, 6) is 0.363. The zero-order chi connectivity index (χ0) is 7.56. The van der Waals surface area contributed by atoms with Crippen LogP contribution in [0.3, 0.4) is 0 Å². The van der Waals surface area contributed by atoms with Crippen molar-refractivity contribution < 1.29 is 4.74 Å². The number of anilines is 1. The maximum absolute atomic E-state index is 5.68. The summed E-state index contributed by atoms with van der Waals surface area (Å²) in [4.78, 5) is 3.82. The van der Waals surface area contributed by atoms with Crippen LogP contribution in [0.25, 0.3) is 0 Å². The van der Waals surface area contributed by atoms with E-state index in [1.165, 1.54) is 7.11 Å². The molecule has 0 saturated heterocycles. The molecule has 1 aromatic heterocycles. The molecule has 0 aliphatic rings. The Morgan fingerprint density at radius 2 is 2.40 bits per heavy atom. The number of halogens is 1. The fourth-order valence-electron chi connectivity index (χ4n) is 0.581. The maximum atomic E-state index is 5.68. The topological polar surface area (TPSA) is 48.1 Å². The number of methoxy groups -OCH3 is 1. The molecule has 0 fully saturated rings. The highest BCUT2D eigenvalue weighted by molar-refractivity contribution is 6.34. The second-order valence-electron chi connectivity index (χ2n) is 1.72. The molecular weight excluding hydrogens is 152 g/mol. The van der Waals surface area contributed by atoms with E-state index in [-0.39, 0.29) is 0 Å². The Labute approximate surface area is 63.8 Å². The van der Waals surface area contributed by atoms with Crippen molar-refractivity contribution in [2.75, 3.05) is 12.8 Å². The smallest absolute Gasteiger partial charge is 0.234 e. The highest BCUT2D eigenvalue weighted by atomic mass is 35.5. The number of ether oxygens (including phenoxy) is 1. The first-order chi connectivity index (χ1) is 4.75. The van der Waals surface area contributed by atoms with Gasteiger partial charge in [-0.1, -0.05) is 11.6 Å². The van der Waals surface area contributed by atoms with Crippen molar-refractivity contribution in [3.8, 4) is 5.88 Å². The third kappa shape index (κ3) is 1.14. The van der Waals surface area contributed by atoms with E-state index in [1.54, 1.807) is 12.3 Å². The highest BCUT2D eigenvalue weighted by Crippen LogP contribution is 2.26. The molecule has 3 nitrogen and oxygen atoms in total. The van der Waals surface area contributed by atoms with Gasteiger partial charge in [-0.2, -0.15) is 0 Å². The van der Waals surface area contributed by atoms with Gasteiger partial charge < -0.3 is 10.5 Å². The van der Waals surface area contributed by atoms with Gasteiger partial charge in [0.05, 0.1) is 12.8 Å². The lowest BCUT2D eigenvalue weighted by molar-refractivity contribution is 0.398. The predicted octanol–water partition coefficient (Wildman–Crippen LogP) is 1.33. The van der Waals surface area contributed by atoms with E-state index in [0.29, 0.717) is 16.6 Å². The Bertz CT molecular complexity index is 239. The molecule has 4 heteroatoms. The minimum Gasteiger partial charge on any atom is -0.480 e. The molecule has 0 bridgehead atoms. The van der Waals surface area contributed by atoms with Gasteiger partial charge in [0.1, 0.15) is 5.02 Å². The lowest BCUT2D eigenvalue weighted by Gasteiger charge is -2.01. The van der Waals surface area contributed by atoms with E-state index in [2.05, 4.69) is 4.98 Å². The van der Waals surface area contributed by atoms with Crippen LogP contribution >= 0.6 is 11.6 Å². The predicted molar refractivity (Wildman–Crippen MR) is 40.2 cm³/mol. The normalized spacial score (nSPS) is 9.40. The van der Waals surface area contributed by atoms with Crippen molar-refractivity contribution in [2.45, 2.75) is 0 Å².